The third-order valence-electron chi connectivity index (χ3n) is 3.69. The van der Waals surface area contributed by atoms with E-state index < -0.39 is 10.0 Å². The molecule has 1 atom stereocenters. The van der Waals surface area contributed by atoms with Gasteiger partial charge in [0.15, 0.2) is 0 Å². The fourth-order valence-corrected chi connectivity index (χ4v) is 5.73. The molecule has 0 spiro atoms. The molecule has 21 heavy (non-hydrogen) atoms. The summed E-state index contributed by atoms with van der Waals surface area (Å²) in [5, 5.41) is 4.62. The van der Waals surface area contributed by atoms with Crippen LogP contribution in [0.3, 0.4) is 0 Å². The second-order valence-corrected chi connectivity index (χ2v) is 8.51. The van der Waals surface area contributed by atoms with Gasteiger partial charge in [0, 0.05) is 26.1 Å². The van der Waals surface area contributed by atoms with Gasteiger partial charge in [-0.2, -0.15) is 4.31 Å². The Morgan fingerprint density at radius 3 is 2.86 bits per heavy atom. The molecule has 1 N–H and O–H groups in total. The molecule has 0 radical (unpaired) electrons. The molecule has 0 aromatic carbocycles. The molecule has 7 heteroatoms. The smallest absolute Gasteiger partial charge is 0.252 e. The van der Waals surface area contributed by atoms with Crippen LogP contribution in [-0.4, -0.2) is 37.8 Å². The number of amides is 1. The van der Waals surface area contributed by atoms with Crippen molar-refractivity contribution in [3.8, 4) is 0 Å². The SMILES string of the molecule is CC(=O)NCC[C@@H]1CCCCN1S(=O)(=O)c1cc(C)cs1. The summed E-state index contributed by atoms with van der Waals surface area (Å²) in [6.07, 6.45) is 3.48. The molecular weight excluding hydrogens is 308 g/mol. The number of nitrogens with zero attached hydrogens (tertiary/aromatic N) is 1. The average molecular weight is 330 g/mol. The molecule has 0 unspecified atom stereocenters. The molecule has 0 bridgehead atoms. The Morgan fingerprint density at radius 1 is 1.48 bits per heavy atom. The lowest BCUT2D eigenvalue weighted by Gasteiger charge is -2.34. The minimum Gasteiger partial charge on any atom is -0.356 e. The number of nitrogens with one attached hydrogen (secondary N) is 1. The average Bonchev–Trinajstić information content (AvgIpc) is 2.86. The highest BCUT2D eigenvalue weighted by Gasteiger charge is 2.33. The molecule has 1 amide bonds. The van der Waals surface area contributed by atoms with E-state index in [0.717, 1.165) is 24.8 Å². The number of carbonyl (C=O) groups is 1. The second kappa shape index (κ2) is 6.89. The van der Waals surface area contributed by atoms with E-state index in [0.29, 0.717) is 23.7 Å². The van der Waals surface area contributed by atoms with Crippen molar-refractivity contribution in [3.05, 3.63) is 17.0 Å². The monoisotopic (exact) mass is 330 g/mol. The summed E-state index contributed by atoms with van der Waals surface area (Å²) in [5.41, 5.74) is 0.977. The van der Waals surface area contributed by atoms with Crippen LogP contribution in [0.5, 0.6) is 0 Å². The third kappa shape index (κ3) is 4.05. The fraction of sp³-hybridized carbons (Fsp3) is 0.643. The van der Waals surface area contributed by atoms with Crippen LogP contribution >= 0.6 is 11.3 Å². The quantitative estimate of drug-likeness (QED) is 0.899. The van der Waals surface area contributed by atoms with E-state index in [4.69, 9.17) is 0 Å². The fourth-order valence-electron chi connectivity index (χ4n) is 2.65. The Balaban J connectivity index is 2.12. The minimum atomic E-state index is -3.40. The second-order valence-electron chi connectivity index (χ2n) is 5.48. The predicted molar refractivity (Wildman–Crippen MR) is 83.9 cm³/mol. The van der Waals surface area contributed by atoms with Gasteiger partial charge in [-0.1, -0.05) is 6.42 Å². The molecule has 0 aliphatic carbocycles. The molecule has 118 valence electrons. The van der Waals surface area contributed by atoms with Crippen LogP contribution in [0.2, 0.25) is 0 Å². The van der Waals surface area contributed by atoms with Gasteiger partial charge in [-0.25, -0.2) is 8.42 Å². The highest BCUT2D eigenvalue weighted by Crippen LogP contribution is 2.30. The lowest BCUT2D eigenvalue weighted by Crippen LogP contribution is -2.44. The van der Waals surface area contributed by atoms with E-state index in [-0.39, 0.29) is 11.9 Å². The Bertz CT molecular complexity index is 595. The maximum Gasteiger partial charge on any atom is 0.252 e. The molecule has 1 saturated heterocycles. The van der Waals surface area contributed by atoms with Crippen LogP contribution in [0.25, 0.3) is 0 Å². The van der Waals surface area contributed by atoms with Gasteiger partial charge in [-0.3, -0.25) is 4.79 Å². The zero-order valence-corrected chi connectivity index (χ0v) is 14.1. The van der Waals surface area contributed by atoms with Gasteiger partial charge in [-0.05, 0) is 43.2 Å². The predicted octanol–water partition coefficient (Wildman–Crippen LogP) is 2.13. The van der Waals surface area contributed by atoms with Crippen molar-refractivity contribution >= 4 is 27.3 Å². The zero-order valence-electron chi connectivity index (χ0n) is 12.5. The number of thiophene rings is 1. The van der Waals surface area contributed by atoms with Crippen LogP contribution in [-0.2, 0) is 14.8 Å². The Hall–Kier alpha value is -0.920. The van der Waals surface area contributed by atoms with Crippen molar-refractivity contribution < 1.29 is 13.2 Å². The van der Waals surface area contributed by atoms with Gasteiger partial charge in [0.1, 0.15) is 4.21 Å². The molecule has 5 nitrogen and oxygen atoms in total. The van der Waals surface area contributed by atoms with Crippen LogP contribution in [0, 0.1) is 6.92 Å². The molecule has 1 aliphatic rings. The minimum absolute atomic E-state index is 0.0157. The molecule has 1 aliphatic heterocycles. The van der Waals surface area contributed by atoms with Crippen molar-refractivity contribution in [2.75, 3.05) is 13.1 Å². The van der Waals surface area contributed by atoms with Gasteiger partial charge in [0.2, 0.25) is 5.91 Å². The van der Waals surface area contributed by atoms with Crippen molar-refractivity contribution in [3.63, 3.8) is 0 Å². The topological polar surface area (TPSA) is 66.5 Å². The van der Waals surface area contributed by atoms with E-state index in [1.54, 1.807) is 10.4 Å². The van der Waals surface area contributed by atoms with Gasteiger partial charge in [0.05, 0.1) is 0 Å². The lowest BCUT2D eigenvalue weighted by atomic mass is 10.0. The van der Waals surface area contributed by atoms with Gasteiger partial charge in [0.25, 0.3) is 10.0 Å². The summed E-state index contributed by atoms with van der Waals surface area (Å²) < 4.78 is 27.6. The van der Waals surface area contributed by atoms with Crippen LogP contribution in [0.1, 0.15) is 38.2 Å². The highest BCUT2D eigenvalue weighted by atomic mass is 32.2. The normalized spacial score (nSPS) is 20.4. The Labute approximate surface area is 130 Å². The van der Waals surface area contributed by atoms with Crippen LogP contribution in [0.15, 0.2) is 15.7 Å². The maximum absolute atomic E-state index is 12.8. The van der Waals surface area contributed by atoms with Crippen LogP contribution in [0.4, 0.5) is 0 Å². The van der Waals surface area contributed by atoms with E-state index in [9.17, 15) is 13.2 Å². The number of carbonyl (C=O) groups excluding carboxylic acids is 1. The van der Waals surface area contributed by atoms with Crippen molar-refractivity contribution in [2.24, 2.45) is 0 Å². The third-order valence-corrected chi connectivity index (χ3v) is 7.18. The van der Waals surface area contributed by atoms with E-state index in [2.05, 4.69) is 5.32 Å². The molecule has 1 fully saturated rings. The summed E-state index contributed by atoms with van der Waals surface area (Å²) in [6, 6.07) is 1.72. The largest absolute Gasteiger partial charge is 0.356 e. The summed E-state index contributed by atoms with van der Waals surface area (Å²) in [5.74, 6) is -0.0749. The first-order chi connectivity index (χ1) is 9.91. The summed E-state index contributed by atoms with van der Waals surface area (Å²) >= 11 is 1.28. The number of hydrogen-bond acceptors (Lipinski definition) is 4. The summed E-state index contributed by atoms with van der Waals surface area (Å²) in [4.78, 5) is 10.9. The van der Waals surface area contributed by atoms with Gasteiger partial charge in [-0.15, -0.1) is 11.3 Å². The zero-order chi connectivity index (χ0) is 15.5. The number of rotatable bonds is 5. The number of piperidine rings is 1. The standard InChI is InChI=1S/C14H22N2O3S2/c1-11-9-14(20-10-11)21(18,19)16-8-4-3-5-13(16)6-7-15-12(2)17/h9-10,13H,3-8H2,1-2H3,(H,15,17)/t13-/m0/s1. The Kier molecular flexibility index (Phi) is 5.40. The first-order valence-corrected chi connectivity index (χ1v) is 9.54. The van der Waals surface area contributed by atoms with Crippen molar-refractivity contribution in [2.45, 2.75) is 49.8 Å². The van der Waals surface area contributed by atoms with E-state index in [1.165, 1.54) is 18.3 Å². The van der Waals surface area contributed by atoms with Gasteiger partial charge >= 0.3 is 0 Å². The number of hydrogen-bond donors (Lipinski definition) is 1. The molecule has 2 rings (SSSR count). The first kappa shape index (κ1) is 16.5. The van der Waals surface area contributed by atoms with E-state index >= 15 is 0 Å². The summed E-state index contributed by atoms with van der Waals surface area (Å²) in [6.45, 7) is 4.48. The van der Waals surface area contributed by atoms with Crippen molar-refractivity contribution in [1.82, 2.24) is 9.62 Å². The lowest BCUT2D eigenvalue weighted by molar-refractivity contribution is -0.119. The highest BCUT2D eigenvalue weighted by molar-refractivity contribution is 7.91. The summed E-state index contributed by atoms with van der Waals surface area (Å²) in [7, 11) is -3.40. The molecule has 1 aromatic heterocycles. The van der Waals surface area contributed by atoms with Crippen LogP contribution < -0.4 is 5.32 Å². The van der Waals surface area contributed by atoms with E-state index in [1.807, 2.05) is 12.3 Å². The van der Waals surface area contributed by atoms with Gasteiger partial charge < -0.3 is 5.32 Å². The van der Waals surface area contributed by atoms with Crippen molar-refractivity contribution in [1.29, 1.82) is 0 Å². The molecule has 1 aromatic rings. The number of aryl methyl sites for hydroxylation is 1. The first-order valence-electron chi connectivity index (χ1n) is 7.22. The molecule has 2 heterocycles. The molecular formula is C14H22N2O3S2. The molecule has 0 saturated carbocycles. The Morgan fingerprint density at radius 2 is 2.24 bits per heavy atom. The maximum atomic E-state index is 12.8. The number of sulfonamides is 1.